The van der Waals surface area contributed by atoms with Crippen LogP contribution in [0.5, 0.6) is 0 Å². The molecule has 0 atom stereocenters. The van der Waals surface area contributed by atoms with E-state index in [4.69, 9.17) is 16.3 Å². The third-order valence-corrected chi connectivity index (χ3v) is 7.80. The van der Waals surface area contributed by atoms with Crippen molar-refractivity contribution in [2.75, 3.05) is 18.5 Å². The number of nitrogens with one attached hydrogen (secondary N) is 1. The first-order chi connectivity index (χ1) is 20.3. The summed E-state index contributed by atoms with van der Waals surface area (Å²) in [6, 6.07) is 10.8. The Bertz CT molecular complexity index is 1630. The molecule has 8 nitrogen and oxygen atoms in total. The molecule has 2 heterocycles. The summed E-state index contributed by atoms with van der Waals surface area (Å²) >= 11 is 6.76. The second-order valence-corrected chi connectivity index (χ2v) is 11.1. The molecule has 0 bridgehead atoms. The number of carbonyl (C=O) groups excluding carboxylic acids is 4. The topological polar surface area (TPSA) is 97.7 Å². The largest absolute Gasteiger partial charge is 0.462 e. The van der Waals surface area contributed by atoms with Gasteiger partial charge in [0.15, 0.2) is 0 Å². The van der Waals surface area contributed by atoms with E-state index < -0.39 is 41.3 Å². The molecule has 43 heavy (non-hydrogen) atoms. The van der Waals surface area contributed by atoms with Gasteiger partial charge in [-0.2, -0.15) is 13.2 Å². The van der Waals surface area contributed by atoms with Crippen molar-refractivity contribution in [2.24, 2.45) is 0 Å². The van der Waals surface area contributed by atoms with Crippen LogP contribution in [0.25, 0.3) is 11.8 Å². The van der Waals surface area contributed by atoms with Gasteiger partial charge in [0.25, 0.3) is 11.1 Å². The van der Waals surface area contributed by atoms with Crippen molar-refractivity contribution >= 4 is 58.1 Å². The minimum Gasteiger partial charge on any atom is -0.462 e. The SMILES string of the molecule is CCCCOC(=O)c1cc(NC(=O)CN2C(=O)S/C(=C\c3cc(C)n(-c4cccc(C(F)(F)F)c4)c3C)C2=O)ccc1Cl. The second kappa shape index (κ2) is 13.1. The summed E-state index contributed by atoms with van der Waals surface area (Å²) in [7, 11) is 0. The highest BCUT2D eigenvalue weighted by Crippen LogP contribution is 2.35. The molecule has 1 aliphatic heterocycles. The van der Waals surface area contributed by atoms with Crippen LogP contribution in [0.4, 0.5) is 23.7 Å². The van der Waals surface area contributed by atoms with Crippen molar-refractivity contribution in [3.8, 4) is 5.69 Å². The van der Waals surface area contributed by atoms with Gasteiger partial charge in [-0.3, -0.25) is 19.3 Å². The highest BCUT2D eigenvalue weighted by molar-refractivity contribution is 8.18. The molecule has 0 radical (unpaired) electrons. The highest BCUT2D eigenvalue weighted by Gasteiger charge is 2.37. The number of thioether (sulfide) groups is 1. The van der Waals surface area contributed by atoms with E-state index in [0.717, 1.165) is 23.5 Å². The monoisotopic (exact) mass is 633 g/mol. The zero-order valence-electron chi connectivity index (χ0n) is 23.4. The van der Waals surface area contributed by atoms with Crippen LogP contribution in [0.3, 0.4) is 0 Å². The summed E-state index contributed by atoms with van der Waals surface area (Å²) in [6.07, 6.45) is -1.50. The normalized spacial score (nSPS) is 14.5. The van der Waals surface area contributed by atoms with Crippen molar-refractivity contribution in [1.29, 1.82) is 0 Å². The van der Waals surface area contributed by atoms with Crippen LogP contribution in [-0.2, 0) is 20.5 Å². The summed E-state index contributed by atoms with van der Waals surface area (Å²) in [5, 5.41) is 2.04. The lowest BCUT2D eigenvalue weighted by Crippen LogP contribution is -2.36. The summed E-state index contributed by atoms with van der Waals surface area (Å²) in [5.74, 6) is -2.01. The fourth-order valence-electron chi connectivity index (χ4n) is 4.42. The molecule has 2 aromatic carbocycles. The molecule has 0 spiro atoms. The average Bonchev–Trinajstić information content (AvgIpc) is 3.37. The number of carbonyl (C=O) groups is 4. The van der Waals surface area contributed by atoms with Gasteiger partial charge in [0, 0.05) is 22.8 Å². The molecule has 0 saturated carbocycles. The molecule has 3 aromatic rings. The number of rotatable bonds is 9. The van der Waals surface area contributed by atoms with Crippen LogP contribution in [0.1, 0.15) is 52.6 Å². The molecular formula is C30H27ClF3N3O5S. The molecule has 4 rings (SSSR count). The van der Waals surface area contributed by atoms with Crippen LogP contribution in [0.15, 0.2) is 53.4 Å². The van der Waals surface area contributed by atoms with E-state index in [2.05, 4.69) is 5.32 Å². The van der Waals surface area contributed by atoms with Gasteiger partial charge in [-0.1, -0.05) is 31.0 Å². The van der Waals surface area contributed by atoms with Gasteiger partial charge in [0.05, 0.1) is 27.7 Å². The quantitative estimate of drug-likeness (QED) is 0.150. The fraction of sp³-hybridized carbons (Fsp3) is 0.267. The number of unbranched alkanes of at least 4 members (excludes halogenated alkanes) is 1. The number of halogens is 4. The maximum atomic E-state index is 13.3. The predicted molar refractivity (Wildman–Crippen MR) is 158 cm³/mol. The zero-order chi connectivity index (χ0) is 31.5. The van der Waals surface area contributed by atoms with Gasteiger partial charge >= 0.3 is 12.1 Å². The van der Waals surface area contributed by atoms with Crippen LogP contribution in [-0.4, -0.2) is 45.6 Å². The first kappa shape index (κ1) is 31.9. The molecule has 1 aromatic heterocycles. The zero-order valence-corrected chi connectivity index (χ0v) is 25.0. The van der Waals surface area contributed by atoms with Crippen molar-refractivity contribution in [1.82, 2.24) is 9.47 Å². The highest BCUT2D eigenvalue weighted by atomic mass is 35.5. The lowest BCUT2D eigenvalue weighted by molar-refractivity contribution is -0.137. The predicted octanol–water partition coefficient (Wildman–Crippen LogP) is 7.40. The fourth-order valence-corrected chi connectivity index (χ4v) is 5.44. The van der Waals surface area contributed by atoms with Crippen molar-refractivity contribution < 1.29 is 37.1 Å². The first-order valence-electron chi connectivity index (χ1n) is 13.2. The number of nitrogens with zero attached hydrogens (tertiary/aromatic N) is 2. The maximum absolute atomic E-state index is 13.3. The van der Waals surface area contributed by atoms with Crippen LogP contribution in [0.2, 0.25) is 5.02 Å². The molecule has 13 heteroatoms. The molecule has 0 unspecified atom stereocenters. The lowest BCUT2D eigenvalue weighted by Gasteiger charge is -2.13. The Morgan fingerprint density at radius 2 is 1.84 bits per heavy atom. The third-order valence-electron chi connectivity index (χ3n) is 6.56. The van der Waals surface area contributed by atoms with Crippen LogP contribution in [0, 0.1) is 13.8 Å². The van der Waals surface area contributed by atoms with Gasteiger partial charge in [-0.25, -0.2) is 4.79 Å². The van der Waals surface area contributed by atoms with Crippen molar-refractivity contribution in [3.63, 3.8) is 0 Å². The standard InChI is InChI=1S/C30H27ClF3N3O5S/c1-4-5-11-42-28(40)23-15-21(9-10-24(23)31)35-26(38)16-36-27(39)25(43-29(36)41)13-19-12-17(2)37(18(19)3)22-8-6-7-20(14-22)30(32,33)34/h6-10,12-15H,4-5,11,16H2,1-3H3,(H,35,38)/b25-13-. The van der Waals surface area contributed by atoms with E-state index in [-0.39, 0.29) is 27.8 Å². The first-order valence-corrected chi connectivity index (χ1v) is 14.4. The van der Waals surface area contributed by atoms with Gasteiger partial charge in [-0.15, -0.1) is 0 Å². The number of anilines is 1. The Hall–Kier alpha value is -4.03. The molecule has 3 amide bonds. The number of esters is 1. The number of imide groups is 1. The Labute approximate surface area is 254 Å². The number of benzene rings is 2. The van der Waals surface area contributed by atoms with Gasteiger partial charge in [0.2, 0.25) is 5.91 Å². The minimum atomic E-state index is -4.51. The second-order valence-electron chi connectivity index (χ2n) is 9.71. The number of aryl methyl sites for hydroxylation is 1. The number of hydrogen-bond donors (Lipinski definition) is 1. The molecule has 1 saturated heterocycles. The maximum Gasteiger partial charge on any atom is 0.416 e. The number of aromatic nitrogens is 1. The lowest BCUT2D eigenvalue weighted by atomic mass is 10.2. The van der Waals surface area contributed by atoms with E-state index in [1.807, 2.05) is 6.92 Å². The summed E-state index contributed by atoms with van der Waals surface area (Å²) in [5.41, 5.74) is 1.51. The number of ether oxygens (including phenoxy) is 1. The van der Waals surface area contributed by atoms with Crippen molar-refractivity contribution in [2.45, 2.75) is 39.8 Å². The Morgan fingerprint density at radius 3 is 2.53 bits per heavy atom. The Kier molecular flexibility index (Phi) is 9.71. The molecule has 1 N–H and O–H groups in total. The number of alkyl halides is 3. The van der Waals surface area contributed by atoms with Gasteiger partial charge in [0.1, 0.15) is 6.54 Å². The molecule has 226 valence electrons. The number of amides is 3. The molecule has 1 fully saturated rings. The summed E-state index contributed by atoms with van der Waals surface area (Å²) < 4.78 is 46.6. The Balaban J connectivity index is 1.48. The summed E-state index contributed by atoms with van der Waals surface area (Å²) in [4.78, 5) is 51.7. The van der Waals surface area contributed by atoms with E-state index in [1.165, 1.54) is 30.3 Å². The third kappa shape index (κ3) is 7.31. The number of hydrogen-bond acceptors (Lipinski definition) is 6. The van der Waals surface area contributed by atoms with Crippen LogP contribution < -0.4 is 5.32 Å². The summed E-state index contributed by atoms with van der Waals surface area (Å²) in [6.45, 7) is 5.01. The van der Waals surface area contributed by atoms with Gasteiger partial charge in [-0.05, 0) is 86.1 Å². The minimum absolute atomic E-state index is 0.0608. The average molecular weight is 634 g/mol. The van der Waals surface area contributed by atoms with Crippen molar-refractivity contribution in [3.05, 3.63) is 86.5 Å². The molecule has 1 aliphatic rings. The van der Waals surface area contributed by atoms with Crippen LogP contribution >= 0.6 is 23.4 Å². The van der Waals surface area contributed by atoms with Gasteiger partial charge < -0.3 is 14.6 Å². The van der Waals surface area contributed by atoms with E-state index in [1.54, 1.807) is 30.5 Å². The van der Waals surface area contributed by atoms with E-state index in [9.17, 15) is 32.3 Å². The van der Waals surface area contributed by atoms with E-state index >= 15 is 0 Å². The van der Waals surface area contributed by atoms with E-state index in [0.29, 0.717) is 40.8 Å². The Morgan fingerprint density at radius 1 is 1.09 bits per heavy atom. The molecule has 0 aliphatic carbocycles. The molecular weight excluding hydrogens is 607 g/mol. The smallest absolute Gasteiger partial charge is 0.416 e.